The first kappa shape index (κ1) is 13.8. The van der Waals surface area contributed by atoms with Gasteiger partial charge in [0.15, 0.2) is 0 Å². The van der Waals surface area contributed by atoms with Crippen LogP contribution < -0.4 is 5.32 Å². The minimum Gasteiger partial charge on any atom is -0.322 e. The molecule has 1 amide bonds. The first-order valence-electron chi connectivity index (χ1n) is 6.12. The second-order valence-electron chi connectivity index (χ2n) is 4.72. The van der Waals surface area contributed by atoms with Crippen molar-refractivity contribution < 1.29 is 4.79 Å². The van der Waals surface area contributed by atoms with Crippen LogP contribution in [0.5, 0.6) is 0 Å². The van der Waals surface area contributed by atoms with Crippen LogP contribution in [0, 0.1) is 20.8 Å². The summed E-state index contributed by atoms with van der Waals surface area (Å²) in [6.07, 6.45) is 0. The van der Waals surface area contributed by atoms with Crippen molar-refractivity contribution in [3.8, 4) is 0 Å². The van der Waals surface area contributed by atoms with Gasteiger partial charge in [-0.15, -0.1) is 0 Å². The fraction of sp³-hybridized carbons (Fsp3) is 0.188. The van der Waals surface area contributed by atoms with E-state index in [1.807, 2.05) is 57.2 Å². The molecule has 2 nitrogen and oxygen atoms in total. The maximum Gasteiger partial charge on any atom is 0.255 e. The fourth-order valence-corrected chi connectivity index (χ4v) is 2.61. The molecule has 19 heavy (non-hydrogen) atoms. The van der Waals surface area contributed by atoms with Gasteiger partial charge in [0.1, 0.15) is 0 Å². The molecule has 0 aliphatic heterocycles. The van der Waals surface area contributed by atoms with Crippen molar-refractivity contribution in [1.29, 1.82) is 0 Å². The number of carbonyl (C=O) groups excluding carboxylic acids is 1. The molecule has 0 heterocycles. The van der Waals surface area contributed by atoms with Gasteiger partial charge in [0.2, 0.25) is 0 Å². The predicted octanol–water partition coefficient (Wildman–Crippen LogP) is 4.63. The minimum atomic E-state index is -0.0706. The summed E-state index contributed by atoms with van der Waals surface area (Å²) in [5, 5.41) is 2.94. The molecule has 2 aromatic carbocycles. The van der Waals surface area contributed by atoms with E-state index in [1.165, 1.54) is 0 Å². The van der Waals surface area contributed by atoms with Gasteiger partial charge in [0, 0.05) is 15.7 Å². The number of amides is 1. The number of halogens is 1. The summed E-state index contributed by atoms with van der Waals surface area (Å²) in [5.74, 6) is -0.0706. The molecule has 2 aromatic rings. The van der Waals surface area contributed by atoms with E-state index in [0.29, 0.717) is 0 Å². The summed E-state index contributed by atoms with van der Waals surface area (Å²) >= 11 is 3.43. The summed E-state index contributed by atoms with van der Waals surface area (Å²) in [7, 11) is 0. The lowest BCUT2D eigenvalue weighted by molar-refractivity contribution is 0.102. The average Bonchev–Trinajstić information content (AvgIpc) is 2.31. The van der Waals surface area contributed by atoms with Crippen molar-refractivity contribution >= 4 is 27.5 Å². The standard InChI is InChI=1S/C16H16BrNO/c1-10-7-13(17)9-14(8-10)18-16(19)15-6-4-5-11(2)12(15)3/h4-9H,1-3H3,(H,18,19). The van der Waals surface area contributed by atoms with E-state index in [0.717, 1.165) is 32.4 Å². The molecular weight excluding hydrogens is 302 g/mol. The molecule has 0 saturated carbocycles. The van der Waals surface area contributed by atoms with Crippen LogP contribution in [0.4, 0.5) is 5.69 Å². The molecule has 0 aliphatic rings. The van der Waals surface area contributed by atoms with Gasteiger partial charge in [-0.25, -0.2) is 0 Å². The minimum absolute atomic E-state index is 0.0706. The van der Waals surface area contributed by atoms with Crippen molar-refractivity contribution in [3.05, 3.63) is 63.1 Å². The maximum atomic E-state index is 12.3. The van der Waals surface area contributed by atoms with Gasteiger partial charge in [0.05, 0.1) is 0 Å². The number of nitrogens with one attached hydrogen (secondary N) is 1. The highest BCUT2D eigenvalue weighted by atomic mass is 79.9. The van der Waals surface area contributed by atoms with Crippen molar-refractivity contribution in [2.45, 2.75) is 20.8 Å². The van der Waals surface area contributed by atoms with E-state index in [1.54, 1.807) is 0 Å². The SMILES string of the molecule is Cc1cc(Br)cc(NC(=O)c2cccc(C)c2C)c1. The van der Waals surface area contributed by atoms with Crippen LogP contribution in [0.25, 0.3) is 0 Å². The normalized spacial score (nSPS) is 10.3. The Morgan fingerprint density at radius 1 is 1.11 bits per heavy atom. The molecule has 0 saturated heterocycles. The molecule has 2 rings (SSSR count). The van der Waals surface area contributed by atoms with Gasteiger partial charge in [-0.2, -0.15) is 0 Å². The van der Waals surface area contributed by atoms with Crippen LogP contribution >= 0.6 is 15.9 Å². The van der Waals surface area contributed by atoms with Crippen LogP contribution in [0.15, 0.2) is 40.9 Å². The third-order valence-electron chi connectivity index (χ3n) is 3.15. The molecule has 1 N–H and O–H groups in total. The number of hydrogen-bond acceptors (Lipinski definition) is 1. The quantitative estimate of drug-likeness (QED) is 0.859. The lowest BCUT2D eigenvalue weighted by atomic mass is 10.0. The highest BCUT2D eigenvalue weighted by Gasteiger charge is 2.10. The van der Waals surface area contributed by atoms with E-state index in [-0.39, 0.29) is 5.91 Å². The number of hydrogen-bond donors (Lipinski definition) is 1. The van der Waals surface area contributed by atoms with Gasteiger partial charge in [-0.1, -0.05) is 28.1 Å². The monoisotopic (exact) mass is 317 g/mol. The highest BCUT2D eigenvalue weighted by Crippen LogP contribution is 2.20. The van der Waals surface area contributed by atoms with Gasteiger partial charge < -0.3 is 5.32 Å². The second kappa shape index (κ2) is 5.57. The molecule has 0 bridgehead atoms. The largest absolute Gasteiger partial charge is 0.322 e. The molecule has 0 spiro atoms. The van der Waals surface area contributed by atoms with E-state index in [2.05, 4.69) is 21.2 Å². The van der Waals surface area contributed by atoms with Crippen molar-refractivity contribution in [3.63, 3.8) is 0 Å². The zero-order valence-corrected chi connectivity index (χ0v) is 12.8. The number of benzene rings is 2. The fourth-order valence-electron chi connectivity index (χ4n) is 2.00. The number of rotatable bonds is 2. The Hall–Kier alpha value is -1.61. The Kier molecular flexibility index (Phi) is 4.05. The van der Waals surface area contributed by atoms with Crippen LogP contribution in [0.1, 0.15) is 27.0 Å². The Bertz CT molecular complexity index is 614. The number of anilines is 1. The lowest BCUT2D eigenvalue weighted by Crippen LogP contribution is -2.14. The molecule has 0 atom stereocenters. The lowest BCUT2D eigenvalue weighted by Gasteiger charge is -2.10. The zero-order valence-electron chi connectivity index (χ0n) is 11.3. The maximum absolute atomic E-state index is 12.3. The second-order valence-corrected chi connectivity index (χ2v) is 5.63. The summed E-state index contributed by atoms with van der Waals surface area (Å²) < 4.78 is 0.962. The highest BCUT2D eigenvalue weighted by molar-refractivity contribution is 9.10. The third kappa shape index (κ3) is 3.24. The van der Waals surface area contributed by atoms with Crippen LogP contribution in [-0.2, 0) is 0 Å². The number of carbonyl (C=O) groups is 1. The van der Waals surface area contributed by atoms with Crippen molar-refractivity contribution in [2.75, 3.05) is 5.32 Å². The van der Waals surface area contributed by atoms with Crippen LogP contribution in [-0.4, -0.2) is 5.91 Å². The summed E-state index contributed by atoms with van der Waals surface area (Å²) in [5.41, 5.74) is 4.77. The van der Waals surface area contributed by atoms with E-state index >= 15 is 0 Å². The first-order valence-corrected chi connectivity index (χ1v) is 6.91. The molecule has 3 heteroatoms. The zero-order chi connectivity index (χ0) is 14.0. The van der Waals surface area contributed by atoms with E-state index in [9.17, 15) is 4.79 Å². The van der Waals surface area contributed by atoms with Gasteiger partial charge in [-0.3, -0.25) is 4.79 Å². The number of aryl methyl sites for hydroxylation is 2. The Morgan fingerprint density at radius 2 is 1.84 bits per heavy atom. The molecule has 98 valence electrons. The molecule has 0 fully saturated rings. The third-order valence-corrected chi connectivity index (χ3v) is 3.61. The Morgan fingerprint density at radius 3 is 2.53 bits per heavy atom. The predicted molar refractivity (Wildman–Crippen MR) is 82.7 cm³/mol. The Balaban J connectivity index is 2.28. The van der Waals surface area contributed by atoms with E-state index in [4.69, 9.17) is 0 Å². The molecule has 0 radical (unpaired) electrons. The Labute approximate surface area is 122 Å². The van der Waals surface area contributed by atoms with Crippen molar-refractivity contribution in [2.24, 2.45) is 0 Å². The summed E-state index contributed by atoms with van der Waals surface area (Å²) in [6, 6.07) is 11.6. The average molecular weight is 318 g/mol. The summed E-state index contributed by atoms with van der Waals surface area (Å²) in [6.45, 7) is 5.98. The van der Waals surface area contributed by atoms with Gasteiger partial charge >= 0.3 is 0 Å². The first-order chi connectivity index (χ1) is 8.97. The van der Waals surface area contributed by atoms with Crippen LogP contribution in [0.2, 0.25) is 0 Å². The topological polar surface area (TPSA) is 29.1 Å². The molecular formula is C16H16BrNO. The van der Waals surface area contributed by atoms with Gasteiger partial charge in [-0.05, 0) is 61.7 Å². The molecule has 0 aromatic heterocycles. The van der Waals surface area contributed by atoms with Crippen molar-refractivity contribution in [1.82, 2.24) is 0 Å². The summed E-state index contributed by atoms with van der Waals surface area (Å²) in [4.78, 5) is 12.3. The molecule has 0 aliphatic carbocycles. The van der Waals surface area contributed by atoms with Gasteiger partial charge in [0.25, 0.3) is 5.91 Å². The van der Waals surface area contributed by atoms with Crippen LogP contribution in [0.3, 0.4) is 0 Å². The smallest absolute Gasteiger partial charge is 0.255 e. The van der Waals surface area contributed by atoms with E-state index < -0.39 is 0 Å². The molecule has 0 unspecified atom stereocenters.